The van der Waals surface area contributed by atoms with Crippen molar-refractivity contribution in [2.24, 2.45) is 0 Å². The van der Waals surface area contributed by atoms with Crippen molar-refractivity contribution in [2.45, 2.75) is 12.8 Å². The van der Waals surface area contributed by atoms with Crippen LogP contribution in [0.3, 0.4) is 0 Å². The van der Waals surface area contributed by atoms with Gasteiger partial charge in [0.15, 0.2) is 0 Å². The average Bonchev–Trinajstić information content (AvgIpc) is 2.42. The van der Waals surface area contributed by atoms with Gasteiger partial charge in [-0.25, -0.2) is 0 Å². The number of nitrogens with two attached hydrogens (primary N) is 1. The van der Waals surface area contributed by atoms with Crippen LogP contribution in [-0.4, -0.2) is 24.5 Å². The highest BCUT2D eigenvalue weighted by molar-refractivity contribution is 8.93. The monoisotopic (exact) mass is 368 g/mol. The molecule has 0 spiro atoms. The van der Waals surface area contributed by atoms with E-state index in [0.717, 1.165) is 37.5 Å². The minimum absolute atomic E-state index is 0. The van der Waals surface area contributed by atoms with E-state index in [4.69, 9.17) is 5.73 Å². The number of nitrogens with zero attached hydrogens (tertiary/aromatic N) is 1. The Kier molecular flexibility index (Phi) is 7.55. The van der Waals surface area contributed by atoms with Gasteiger partial charge in [-0.1, -0.05) is 6.08 Å². The van der Waals surface area contributed by atoms with Gasteiger partial charge in [-0.2, -0.15) is 0 Å². The molecular formula is C11H18Br2N2S. The van der Waals surface area contributed by atoms with Crippen LogP contribution in [0.5, 0.6) is 0 Å². The first-order valence-electron chi connectivity index (χ1n) is 5.00. The van der Waals surface area contributed by atoms with E-state index in [2.05, 4.69) is 17.5 Å². The number of hydrogen-bond donors (Lipinski definition) is 1. The van der Waals surface area contributed by atoms with Crippen molar-refractivity contribution in [2.75, 3.05) is 25.4 Å². The van der Waals surface area contributed by atoms with Crippen LogP contribution in [0, 0.1) is 0 Å². The van der Waals surface area contributed by atoms with Crippen molar-refractivity contribution >= 4 is 50.3 Å². The van der Waals surface area contributed by atoms with Gasteiger partial charge in [0.1, 0.15) is 0 Å². The summed E-state index contributed by atoms with van der Waals surface area (Å²) in [5, 5.41) is 0.965. The lowest BCUT2D eigenvalue weighted by atomic mass is 10.2. The fraction of sp³-hybridized carbons (Fsp3) is 0.455. The maximum Gasteiger partial charge on any atom is 0.0862 e. The first kappa shape index (κ1) is 16.2. The van der Waals surface area contributed by atoms with Crippen LogP contribution in [0.15, 0.2) is 18.7 Å². The number of hydrogen-bond acceptors (Lipinski definition) is 3. The number of anilines is 1. The molecule has 1 aliphatic heterocycles. The second-order valence-electron chi connectivity index (χ2n) is 3.69. The molecule has 5 heteroatoms. The molecule has 16 heavy (non-hydrogen) atoms. The first-order chi connectivity index (χ1) is 6.79. The molecule has 0 amide bonds. The molecule has 1 aliphatic rings. The molecular weight excluding hydrogens is 352 g/mol. The number of thiophene rings is 1. The third-order valence-corrected chi connectivity index (χ3v) is 3.72. The quantitative estimate of drug-likeness (QED) is 0.811. The Balaban J connectivity index is 0.00000112. The molecule has 0 saturated carbocycles. The van der Waals surface area contributed by atoms with Crippen LogP contribution in [0.4, 0.5) is 5.00 Å². The van der Waals surface area contributed by atoms with E-state index >= 15 is 0 Å². The van der Waals surface area contributed by atoms with Crippen molar-refractivity contribution in [1.82, 2.24) is 4.90 Å². The van der Waals surface area contributed by atoms with Gasteiger partial charge in [0.05, 0.1) is 5.00 Å². The highest BCUT2D eigenvalue weighted by atomic mass is 79.9. The van der Waals surface area contributed by atoms with Gasteiger partial charge in [-0.05, 0) is 24.5 Å². The van der Waals surface area contributed by atoms with E-state index in [1.807, 2.05) is 6.08 Å². The minimum Gasteiger partial charge on any atom is -0.391 e. The third-order valence-electron chi connectivity index (χ3n) is 2.66. The molecule has 2 rings (SSSR count). The SMILES string of the molecule is Br.Br.C=CCN1CCc2cc(N)sc2CC1. The van der Waals surface area contributed by atoms with Crippen LogP contribution in [-0.2, 0) is 12.8 Å². The standard InChI is InChI=1S/C11H16N2S.2BrH/c1-2-5-13-6-3-9-8-11(12)14-10(9)4-7-13;;/h2,8H,1,3-7,12H2;2*1H. The lowest BCUT2D eigenvalue weighted by Crippen LogP contribution is -2.26. The predicted octanol–water partition coefficient (Wildman–Crippen LogP) is 3.07. The summed E-state index contributed by atoms with van der Waals surface area (Å²) in [7, 11) is 0. The topological polar surface area (TPSA) is 29.3 Å². The highest BCUT2D eigenvalue weighted by Crippen LogP contribution is 2.27. The van der Waals surface area contributed by atoms with Gasteiger partial charge in [-0.15, -0.1) is 51.9 Å². The van der Waals surface area contributed by atoms with Gasteiger partial charge >= 0.3 is 0 Å². The summed E-state index contributed by atoms with van der Waals surface area (Å²) in [4.78, 5) is 3.92. The molecule has 2 N–H and O–H groups in total. The summed E-state index contributed by atoms with van der Waals surface area (Å²) in [5.74, 6) is 0. The summed E-state index contributed by atoms with van der Waals surface area (Å²) in [6, 6.07) is 2.14. The Morgan fingerprint density at radius 1 is 1.38 bits per heavy atom. The Morgan fingerprint density at radius 3 is 2.75 bits per heavy atom. The summed E-state index contributed by atoms with van der Waals surface area (Å²) in [6.07, 6.45) is 4.26. The molecule has 0 bridgehead atoms. The van der Waals surface area contributed by atoms with Gasteiger partial charge < -0.3 is 5.73 Å². The molecule has 2 nitrogen and oxygen atoms in total. The molecule has 1 aromatic rings. The van der Waals surface area contributed by atoms with Crippen LogP contribution < -0.4 is 5.73 Å². The fourth-order valence-electron chi connectivity index (χ4n) is 1.93. The van der Waals surface area contributed by atoms with E-state index in [1.54, 1.807) is 11.3 Å². The molecule has 0 fully saturated rings. The summed E-state index contributed by atoms with van der Waals surface area (Å²) in [5.41, 5.74) is 7.25. The second kappa shape index (κ2) is 7.48. The Labute approximate surface area is 122 Å². The summed E-state index contributed by atoms with van der Waals surface area (Å²) < 4.78 is 0. The van der Waals surface area contributed by atoms with E-state index in [1.165, 1.54) is 10.4 Å². The average molecular weight is 370 g/mol. The van der Waals surface area contributed by atoms with Gasteiger partial charge in [0, 0.05) is 24.5 Å². The van der Waals surface area contributed by atoms with Gasteiger partial charge in [0.25, 0.3) is 0 Å². The molecule has 0 aliphatic carbocycles. The number of fused-ring (bicyclic) bond motifs is 1. The molecule has 92 valence electrons. The van der Waals surface area contributed by atoms with E-state index in [0.29, 0.717) is 0 Å². The smallest absolute Gasteiger partial charge is 0.0862 e. The van der Waals surface area contributed by atoms with Crippen LogP contribution in [0.2, 0.25) is 0 Å². The minimum atomic E-state index is 0. The fourth-order valence-corrected chi connectivity index (χ4v) is 2.90. The molecule has 0 radical (unpaired) electrons. The maximum atomic E-state index is 5.79. The van der Waals surface area contributed by atoms with E-state index < -0.39 is 0 Å². The Hall–Kier alpha value is 0.160. The highest BCUT2D eigenvalue weighted by Gasteiger charge is 2.14. The zero-order chi connectivity index (χ0) is 9.97. The van der Waals surface area contributed by atoms with E-state index in [-0.39, 0.29) is 34.0 Å². The number of halogens is 2. The molecule has 0 saturated heterocycles. The Morgan fingerprint density at radius 2 is 2.06 bits per heavy atom. The Bertz CT molecular complexity index is 313. The van der Waals surface area contributed by atoms with Gasteiger partial charge in [0.2, 0.25) is 0 Å². The van der Waals surface area contributed by atoms with Gasteiger partial charge in [-0.3, -0.25) is 4.90 Å². The summed E-state index contributed by atoms with van der Waals surface area (Å²) in [6.45, 7) is 7.05. The maximum absolute atomic E-state index is 5.79. The van der Waals surface area contributed by atoms with Crippen molar-refractivity contribution in [1.29, 1.82) is 0 Å². The van der Waals surface area contributed by atoms with E-state index in [9.17, 15) is 0 Å². The third kappa shape index (κ3) is 3.87. The summed E-state index contributed by atoms with van der Waals surface area (Å²) >= 11 is 1.75. The zero-order valence-electron chi connectivity index (χ0n) is 9.15. The normalized spacial score (nSPS) is 15.2. The second-order valence-corrected chi connectivity index (χ2v) is 4.85. The lowest BCUT2D eigenvalue weighted by molar-refractivity contribution is 0.319. The van der Waals surface area contributed by atoms with Crippen molar-refractivity contribution in [3.05, 3.63) is 29.2 Å². The molecule has 0 atom stereocenters. The van der Waals surface area contributed by atoms with Crippen LogP contribution in [0.25, 0.3) is 0 Å². The lowest BCUT2D eigenvalue weighted by Gasteiger charge is -2.16. The predicted molar refractivity (Wildman–Crippen MR) is 83.4 cm³/mol. The van der Waals surface area contributed by atoms with Crippen molar-refractivity contribution in [3.8, 4) is 0 Å². The van der Waals surface area contributed by atoms with Crippen molar-refractivity contribution in [3.63, 3.8) is 0 Å². The molecule has 0 unspecified atom stereocenters. The van der Waals surface area contributed by atoms with Crippen LogP contribution in [0.1, 0.15) is 10.4 Å². The van der Waals surface area contributed by atoms with Crippen molar-refractivity contribution < 1.29 is 0 Å². The first-order valence-corrected chi connectivity index (χ1v) is 5.81. The zero-order valence-corrected chi connectivity index (χ0v) is 13.4. The molecule has 1 aromatic heterocycles. The molecule has 2 heterocycles. The molecule has 0 aromatic carbocycles. The number of rotatable bonds is 2. The van der Waals surface area contributed by atoms with Crippen LogP contribution >= 0.6 is 45.3 Å². The number of nitrogen functional groups attached to an aromatic ring is 1. The largest absolute Gasteiger partial charge is 0.391 e.